The Morgan fingerprint density at radius 1 is 1.33 bits per heavy atom. The molecule has 1 N–H and O–H groups in total. The zero-order chi connectivity index (χ0) is 18.3. The number of thioether (sulfide) groups is 1. The molecule has 134 valence electrons. The molecule has 0 fully saturated rings. The first-order valence-electron chi connectivity index (χ1n) is 7.90. The summed E-state index contributed by atoms with van der Waals surface area (Å²) in [6.07, 6.45) is 0.787. The number of anilines is 1. The monoisotopic (exact) mass is 375 g/mol. The van der Waals surface area contributed by atoms with Crippen LogP contribution in [0.4, 0.5) is 10.1 Å². The molecular formula is C17H23ClFNO3S. The van der Waals surface area contributed by atoms with E-state index in [2.05, 4.69) is 5.32 Å². The lowest BCUT2D eigenvalue weighted by atomic mass is 10.2. The molecule has 7 heteroatoms. The topological polar surface area (TPSA) is 55.4 Å². The van der Waals surface area contributed by atoms with Crippen LogP contribution < -0.4 is 5.32 Å². The molecule has 1 rings (SSSR count). The Hall–Kier alpha value is -1.27. The average molecular weight is 376 g/mol. The molecule has 1 aromatic rings. The van der Waals surface area contributed by atoms with Gasteiger partial charge < -0.3 is 10.1 Å². The summed E-state index contributed by atoms with van der Waals surface area (Å²) >= 11 is 7.29. The first-order valence-corrected chi connectivity index (χ1v) is 9.16. The summed E-state index contributed by atoms with van der Waals surface area (Å²) in [5, 5.41) is 2.24. The van der Waals surface area contributed by atoms with E-state index in [9.17, 15) is 14.0 Å². The minimum Gasteiger partial charge on any atom is -0.465 e. The van der Waals surface area contributed by atoms with Gasteiger partial charge in [-0.25, -0.2) is 4.39 Å². The highest BCUT2D eigenvalue weighted by molar-refractivity contribution is 8.00. The Bertz CT molecular complexity index is 595. The SMILES string of the molecule is CCC(=O)Nc1cc(SC(CC)C(=O)OCC(C)C)c(Cl)cc1F. The van der Waals surface area contributed by atoms with Gasteiger partial charge >= 0.3 is 5.97 Å². The summed E-state index contributed by atoms with van der Waals surface area (Å²) in [6, 6.07) is 2.59. The number of carbonyl (C=O) groups excluding carboxylic acids is 2. The molecule has 0 heterocycles. The lowest BCUT2D eigenvalue weighted by Gasteiger charge is -2.16. The van der Waals surface area contributed by atoms with E-state index in [0.29, 0.717) is 17.9 Å². The van der Waals surface area contributed by atoms with E-state index >= 15 is 0 Å². The molecule has 0 aliphatic heterocycles. The van der Waals surface area contributed by atoms with Crippen molar-refractivity contribution in [3.63, 3.8) is 0 Å². The normalized spacial score (nSPS) is 12.1. The minimum atomic E-state index is -0.610. The van der Waals surface area contributed by atoms with Gasteiger partial charge in [0.15, 0.2) is 0 Å². The predicted octanol–water partition coefficient (Wildman–Crippen LogP) is 4.90. The highest BCUT2D eigenvalue weighted by Gasteiger charge is 2.22. The maximum atomic E-state index is 13.9. The van der Waals surface area contributed by atoms with Crippen molar-refractivity contribution in [3.8, 4) is 0 Å². The fourth-order valence-corrected chi connectivity index (χ4v) is 3.03. The molecule has 0 saturated heterocycles. The third-order valence-electron chi connectivity index (χ3n) is 3.08. The molecule has 4 nitrogen and oxygen atoms in total. The molecule has 0 spiro atoms. The maximum Gasteiger partial charge on any atom is 0.319 e. The Labute approximate surface area is 151 Å². The third-order valence-corrected chi connectivity index (χ3v) is 4.91. The number of halogens is 2. The summed E-state index contributed by atoms with van der Waals surface area (Å²) in [7, 11) is 0. The fourth-order valence-electron chi connectivity index (χ4n) is 1.75. The summed E-state index contributed by atoms with van der Waals surface area (Å²) in [4.78, 5) is 24.1. The third kappa shape index (κ3) is 6.32. The highest BCUT2D eigenvalue weighted by atomic mass is 35.5. The van der Waals surface area contributed by atoms with Gasteiger partial charge in [-0.15, -0.1) is 11.8 Å². The van der Waals surface area contributed by atoms with Gasteiger partial charge in [0.2, 0.25) is 5.91 Å². The average Bonchev–Trinajstić information content (AvgIpc) is 2.53. The Balaban J connectivity index is 2.93. The van der Waals surface area contributed by atoms with Crippen molar-refractivity contribution >= 4 is 40.9 Å². The highest BCUT2D eigenvalue weighted by Crippen LogP contribution is 2.35. The van der Waals surface area contributed by atoms with Crippen LogP contribution in [0.15, 0.2) is 17.0 Å². The van der Waals surface area contributed by atoms with Crippen molar-refractivity contribution in [1.82, 2.24) is 0 Å². The number of hydrogen-bond acceptors (Lipinski definition) is 4. The molecular weight excluding hydrogens is 353 g/mol. The van der Waals surface area contributed by atoms with Crippen molar-refractivity contribution in [1.29, 1.82) is 0 Å². The van der Waals surface area contributed by atoms with Crippen molar-refractivity contribution in [2.75, 3.05) is 11.9 Å². The number of amides is 1. The van der Waals surface area contributed by atoms with Gasteiger partial charge in [-0.05, 0) is 24.5 Å². The largest absolute Gasteiger partial charge is 0.465 e. The fraction of sp³-hybridized carbons (Fsp3) is 0.529. The molecule has 0 saturated carbocycles. The molecule has 0 aliphatic rings. The second-order valence-corrected chi connectivity index (χ2v) is 7.35. The van der Waals surface area contributed by atoms with Gasteiger partial charge in [0.25, 0.3) is 0 Å². The number of nitrogens with one attached hydrogen (secondary N) is 1. The quantitative estimate of drug-likeness (QED) is 0.518. The number of esters is 1. The van der Waals surface area contributed by atoms with Crippen LogP contribution in [0.5, 0.6) is 0 Å². The summed E-state index contributed by atoms with van der Waals surface area (Å²) in [6.45, 7) is 7.81. The molecule has 24 heavy (non-hydrogen) atoms. The van der Waals surface area contributed by atoms with Gasteiger partial charge in [0.1, 0.15) is 11.1 Å². The van der Waals surface area contributed by atoms with Crippen LogP contribution in [0.3, 0.4) is 0 Å². The zero-order valence-corrected chi connectivity index (χ0v) is 15.9. The standard InChI is InChI=1S/C17H23ClFNO3S/c1-5-14(17(22)23-9-10(3)4)24-15-8-13(20-16(21)6-2)12(19)7-11(15)18/h7-8,10,14H,5-6,9H2,1-4H3,(H,20,21). The number of benzene rings is 1. The van der Waals surface area contributed by atoms with Crippen molar-refractivity contribution in [2.24, 2.45) is 5.92 Å². The number of rotatable bonds is 8. The molecule has 1 atom stereocenters. The molecule has 0 bridgehead atoms. The first kappa shape index (κ1) is 20.8. The lowest BCUT2D eigenvalue weighted by molar-refractivity contribution is -0.144. The molecule has 0 radical (unpaired) electrons. The smallest absolute Gasteiger partial charge is 0.319 e. The van der Waals surface area contributed by atoms with E-state index in [1.165, 1.54) is 17.8 Å². The van der Waals surface area contributed by atoms with E-state index in [-0.39, 0.29) is 34.9 Å². The van der Waals surface area contributed by atoms with Crippen LogP contribution in [-0.4, -0.2) is 23.7 Å². The molecule has 0 aromatic heterocycles. The summed E-state index contributed by atoms with van der Waals surface area (Å²) < 4.78 is 19.2. The van der Waals surface area contributed by atoms with E-state index in [1.807, 2.05) is 20.8 Å². The molecule has 1 amide bonds. The zero-order valence-electron chi connectivity index (χ0n) is 14.3. The van der Waals surface area contributed by atoms with Gasteiger partial charge in [-0.1, -0.05) is 39.3 Å². The van der Waals surface area contributed by atoms with Gasteiger partial charge in [-0.2, -0.15) is 0 Å². The number of hydrogen-bond donors (Lipinski definition) is 1. The Morgan fingerprint density at radius 3 is 2.54 bits per heavy atom. The van der Waals surface area contributed by atoms with Crippen molar-refractivity contribution < 1.29 is 18.7 Å². The van der Waals surface area contributed by atoms with Crippen LogP contribution in [0.25, 0.3) is 0 Å². The van der Waals surface area contributed by atoms with E-state index < -0.39 is 11.1 Å². The Morgan fingerprint density at radius 2 is 2.00 bits per heavy atom. The molecule has 1 unspecified atom stereocenters. The minimum absolute atomic E-state index is 0.0548. The molecule has 0 aliphatic carbocycles. The second-order valence-electron chi connectivity index (χ2n) is 5.70. The summed E-state index contributed by atoms with van der Waals surface area (Å²) in [5.41, 5.74) is 0.0548. The number of carbonyl (C=O) groups is 2. The second kappa shape index (κ2) is 9.89. The van der Waals surface area contributed by atoms with Crippen LogP contribution in [0.1, 0.15) is 40.5 Å². The van der Waals surface area contributed by atoms with Crippen LogP contribution in [0.2, 0.25) is 5.02 Å². The number of ether oxygens (including phenoxy) is 1. The van der Waals surface area contributed by atoms with Gasteiger partial charge in [0.05, 0.1) is 17.3 Å². The maximum absolute atomic E-state index is 13.9. The van der Waals surface area contributed by atoms with Gasteiger partial charge in [-0.3, -0.25) is 9.59 Å². The van der Waals surface area contributed by atoms with Crippen LogP contribution in [-0.2, 0) is 14.3 Å². The Kier molecular flexibility index (Phi) is 8.56. The van der Waals surface area contributed by atoms with Crippen molar-refractivity contribution in [2.45, 2.75) is 50.7 Å². The van der Waals surface area contributed by atoms with Crippen molar-refractivity contribution in [3.05, 3.63) is 23.0 Å². The molecule has 1 aromatic carbocycles. The van der Waals surface area contributed by atoms with Crippen LogP contribution in [0, 0.1) is 11.7 Å². The van der Waals surface area contributed by atoms with E-state index in [1.54, 1.807) is 6.92 Å². The van der Waals surface area contributed by atoms with Crippen LogP contribution >= 0.6 is 23.4 Å². The lowest BCUT2D eigenvalue weighted by Crippen LogP contribution is -2.21. The van der Waals surface area contributed by atoms with E-state index in [4.69, 9.17) is 16.3 Å². The van der Waals surface area contributed by atoms with Gasteiger partial charge in [0, 0.05) is 11.3 Å². The summed E-state index contributed by atoms with van der Waals surface area (Å²) in [5.74, 6) is -0.977. The van der Waals surface area contributed by atoms with E-state index in [0.717, 1.165) is 6.07 Å². The predicted molar refractivity (Wildman–Crippen MR) is 96.1 cm³/mol. The first-order chi connectivity index (χ1) is 11.3.